The summed E-state index contributed by atoms with van der Waals surface area (Å²) in [6.07, 6.45) is 3.19. The zero-order valence-electron chi connectivity index (χ0n) is 12.6. The van der Waals surface area contributed by atoms with Gasteiger partial charge >= 0.3 is 0 Å². The van der Waals surface area contributed by atoms with Crippen LogP contribution in [0.25, 0.3) is 11.5 Å². The standard InChI is InChI=1S/C16H18N2O5/c19-15(12-10-14(23-17-12)13-2-1-7-20-13)18-5-3-11(4-6-18)16-21-8-9-22-16/h1-2,7,10-11,16H,3-6,8-9H2. The fourth-order valence-electron chi connectivity index (χ4n) is 3.10. The second kappa shape index (κ2) is 6.17. The second-order valence-corrected chi connectivity index (χ2v) is 5.79. The zero-order chi connectivity index (χ0) is 15.6. The van der Waals surface area contributed by atoms with E-state index >= 15 is 0 Å². The Morgan fingerprint density at radius 3 is 2.65 bits per heavy atom. The van der Waals surface area contributed by atoms with Gasteiger partial charge < -0.3 is 23.3 Å². The smallest absolute Gasteiger partial charge is 0.276 e. The Bertz CT molecular complexity index is 652. The Balaban J connectivity index is 1.38. The maximum Gasteiger partial charge on any atom is 0.276 e. The number of hydrogen-bond acceptors (Lipinski definition) is 6. The Kier molecular flexibility index (Phi) is 3.88. The third-order valence-corrected chi connectivity index (χ3v) is 4.35. The van der Waals surface area contributed by atoms with Crippen molar-refractivity contribution in [2.45, 2.75) is 19.1 Å². The van der Waals surface area contributed by atoms with E-state index in [2.05, 4.69) is 5.16 Å². The summed E-state index contributed by atoms with van der Waals surface area (Å²) < 4.78 is 21.5. The molecule has 2 saturated heterocycles. The molecule has 4 heterocycles. The lowest BCUT2D eigenvalue weighted by Gasteiger charge is -2.33. The van der Waals surface area contributed by atoms with Crippen molar-refractivity contribution in [1.82, 2.24) is 10.1 Å². The molecule has 7 heteroatoms. The van der Waals surface area contributed by atoms with Gasteiger partial charge in [-0.1, -0.05) is 5.16 Å². The predicted octanol–water partition coefficient (Wildman–Crippen LogP) is 2.16. The van der Waals surface area contributed by atoms with Crippen molar-refractivity contribution < 1.29 is 23.2 Å². The Labute approximate surface area is 133 Å². The summed E-state index contributed by atoms with van der Waals surface area (Å²) in [6, 6.07) is 5.15. The summed E-state index contributed by atoms with van der Waals surface area (Å²) in [4.78, 5) is 14.3. The summed E-state index contributed by atoms with van der Waals surface area (Å²) >= 11 is 0. The number of amides is 1. The first kappa shape index (κ1) is 14.5. The molecule has 2 aliphatic rings. The number of piperidine rings is 1. The molecule has 0 aliphatic carbocycles. The molecule has 0 N–H and O–H groups in total. The highest BCUT2D eigenvalue weighted by Gasteiger charge is 2.32. The van der Waals surface area contributed by atoms with Crippen molar-refractivity contribution in [3.8, 4) is 11.5 Å². The third-order valence-electron chi connectivity index (χ3n) is 4.35. The van der Waals surface area contributed by atoms with Gasteiger partial charge in [0.15, 0.2) is 17.7 Å². The summed E-state index contributed by atoms with van der Waals surface area (Å²) in [7, 11) is 0. The molecule has 2 aromatic heterocycles. The van der Waals surface area contributed by atoms with Crippen LogP contribution in [0.1, 0.15) is 23.3 Å². The molecule has 0 saturated carbocycles. The minimum atomic E-state index is -0.113. The van der Waals surface area contributed by atoms with Gasteiger partial charge in [-0.3, -0.25) is 4.79 Å². The molecule has 0 radical (unpaired) electrons. The van der Waals surface area contributed by atoms with Gasteiger partial charge in [0.2, 0.25) is 5.76 Å². The number of carbonyl (C=O) groups excluding carboxylic acids is 1. The van der Waals surface area contributed by atoms with E-state index in [4.69, 9.17) is 18.4 Å². The Hall–Kier alpha value is -2.12. The van der Waals surface area contributed by atoms with Crippen LogP contribution < -0.4 is 0 Å². The van der Waals surface area contributed by atoms with Crippen LogP contribution >= 0.6 is 0 Å². The van der Waals surface area contributed by atoms with E-state index < -0.39 is 0 Å². The van der Waals surface area contributed by atoms with Crippen molar-refractivity contribution in [2.75, 3.05) is 26.3 Å². The van der Waals surface area contributed by atoms with Crippen LogP contribution in [0.15, 0.2) is 33.4 Å². The van der Waals surface area contributed by atoms with E-state index in [0.717, 1.165) is 12.8 Å². The molecule has 0 aromatic carbocycles. The van der Waals surface area contributed by atoms with Gasteiger partial charge in [-0.15, -0.1) is 0 Å². The van der Waals surface area contributed by atoms with Gasteiger partial charge in [0.25, 0.3) is 5.91 Å². The van der Waals surface area contributed by atoms with Crippen LogP contribution in [0.4, 0.5) is 0 Å². The first-order chi connectivity index (χ1) is 11.3. The monoisotopic (exact) mass is 318 g/mol. The number of aromatic nitrogens is 1. The van der Waals surface area contributed by atoms with Crippen molar-refractivity contribution in [1.29, 1.82) is 0 Å². The molecule has 0 bridgehead atoms. The SMILES string of the molecule is O=C(c1cc(-c2ccco2)on1)N1CCC(C2OCCO2)CC1. The van der Waals surface area contributed by atoms with Crippen LogP contribution in [0.3, 0.4) is 0 Å². The van der Waals surface area contributed by atoms with Crippen LogP contribution in [-0.2, 0) is 9.47 Å². The summed E-state index contributed by atoms with van der Waals surface area (Å²) in [5, 5.41) is 3.87. The van der Waals surface area contributed by atoms with E-state index in [-0.39, 0.29) is 12.2 Å². The van der Waals surface area contributed by atoms with Crippen LogP contribution in [0.2, 0.25) is 0 Å². The lowest BCUT2D eigenvalue weighted by atomic mass is 9.96. The highest BCUT2D eigenvalue weighted by molar-refractivity contribution is 5.93. The van der Waals surface area contributed by atoms with Crippen molar-refractivity contribution in [3.05, 3.63) is 30.2 Å². The first-order valence-corrected chi connectivity index (χ1v) is 7.84. The molecule has 122 valence electrons. The molecule has 23 heavy (non-hydrogen) atoms. The molecule has 0 spiro atoms. The fraction of sp³-hybridized carbons (Fsp3) is 0.500. The number of rotatable bonds is 3. The maximum atomic E-state index is 12.5. The Morgan fingerprint density at radius 2 is 1.96 bits per heavy atom. The van der Waals surface area contributed by atoms with Gasteiger partial charge in [-0.25, -0.2) is 0 Å². The molecule has 2 aliphatic heterocycles. The quantitative estimate of drug-likeness (QED) is 0.863. The van der Waals surface area contributed by atoms with Gasteiger partial charge in [0.05, 0.1) is 19.5 Å². The van der Waals surface area contributed by atoms with Crippen LogP contribution in [-0.4, -0.2) is 48.6 Å². The predicted molar refractivity (Wildman–Crippen MR) is 78.5 cm³/mol. The van der Waals surface area contributed by atoms with Gasteiger partial charge in [-0.05, 0) is 25.0 Å². The zero-order valence-corrected chi connectivity index (χ0v) is 12.6. The topological polar surface area (TPSA) is 77.9 Å². The number of likely N-dealkylation sites (tertiary alicyclic amines) is 1. The lowest BCUT2D eigenvalue weighted by Crippen LogP contribution is -2.41. The number of furan rings is 1. The van der Waals surface area contributed by atoms with Crippen molar-refractivity contribution in [2.24, 2.45) is 5.92 Å². The lowest BCUT2D eigenvalue weighted by molar-refractivity contribution is -0.0956. The largest absolute Gasteiger partial charge is 0.461 e. The van der Waals surface area contributed by atoms with E-state index in [1.54, 1.807) is 29.4 Å². The van der Waals surface area contributed by atoms with E-state index in [1.165, 1.54) is 0 Å². The summed E-state index contributed by atoms with van der Waals surface area (Å²) in [5.74, 6) is 1.27. The minimum absolute atomic E-state index is 0.107. The highest BCUT2D eigenvalue weighted by atomic mass is 16.7. The van der Waals surface area contributed by atoms with Gasteiger partial charge in [0, 0.05) is 25.1 Å². The number of carbonyl (C=O) groups is 1. The minimum Gasteiger partial charge on any atom is -0.461 e. The van der Waals surface area contributed by atoms with E-state index in [9.17, 15) is 4.79 Å². The maximum absolute atomic E-state index is 12.5. The molecule has 0 atom stereocenters. The normalized spacial score (nSPS) is 20.3. The number of ether oxygens (including phenoxy) is 2. The third kappa shape index (κ3) is 2.89. The molecule has 2 aromatic rings. The fourth-order valence-corrected chi connectivity index (χ4v) is 3.10. The molecule has 4 rings (SSSR count). The van der Waals surface area contributed by atoms with Crippen LogP contribution in [0, 0.1) is 5.92 Å². The van der Waals surface area contributed by atoms with E-state index in [0.29, 0.717) is 49.4 Å². The van der Waals surface area contributed by atoms with Crippen molar-refractivity contribution >= 4 is 5.91 Å². The second-order valence-electron chi connectivity index (χ2n) is 5.79. The molecule has 2 fully saturated rings. The number of nitrogens with zero attached hydrogens (tertiary/aromatic N) is 2. The summed E-state index contributed by atoms with van der Waals surface area (Å²) in [6.45, 7) is 2.68. The van der Waals surface area contributed by atoms with Crippen molar-refractivity contribution in [3.63, 3.8) is 0 Å². The molecule has 7 nitrogen and oxygen atoms in total. The van der Waals surface area contributed by atoms with E-state index in [1.807, 2.05) is 0 Å². The summed E-state index contributed by atoms with van der Waals surface area (Å²) in [5.41, 5.74) is 0.309. The highest BCUT2D eigenvalue weighted by Crippen LogP contribution is 2.27. The average Bonchev–Trinajstić information content (AvgIpc) is 3.36. The molecule has 1 amide bonds. The molecular formula is C16H18N2O5. The molecular weight excluding hydrogens is 300 g/mol. The number of hydrogen-bond donors (Lipinski definition) is 0. The molecule has 0 unspecified atom stereocenters. The van der Waals surface area contributed by atoms with Gasteiger partial charge in [0.1, 0.15) is 0 Å². The Morgan fingerprint density at radius 1 is 1.17 bits per heavy atom. The average molecular weight is 318 g/mol. The van der Waals surface area contributed by atoms with Gasteiger partial charge in [-0.2, -0.15) is 0 Å². The first-order valence-electron chi connectivity index (χ1n) is 7.84. The van der Waals surface area contributed by atoms with Crippen LogP contribution in [0.5, 0.6) is 0 Å².